The maximum atomic E-state index is 13.7. The number of rotatable bonds is 4. The van der Waals surface area contributed by atoms with Gasteiger partial charge in [-0.3, -0.25) is 4.57 Å². The standard InChI is InChI=1S/C26H23ClN4O2S/c1-26(2)13-18-20(15-33-26)34-24-22(18)23-28-21(12-16-8-4-3-5-9-16)29-31(23)25(32)30(24)14-17-10-6-7-11-19(17)27/h3-11H,12-15H2,1-2H3. The van der Waals surface area contributed by atoms with Gasteiger partial charge in [0.25, 0.3) is 0 Å². The zero-order valence-corrected chi connectivity index (χ0v) is 20.5. The van der Waals surface area contributed by atoms with E-state index in [9.17, 15) is 4.79 Å². The summed E-state index contributed by atoms with van der Waals surface area (Å²) in [6, 6.07) is 17.7. The molecule has 6 rings (SSSR count). The molecule has 0 aliphatic carbocycles. The molecule has 2 aromatic carbocycles. The summed E-state index contributed by atoms with van der Waals surface area (Å²) in [7, 11) is 0. The summed E-state index contributed by atoms with van der Waals surface area (Å²) in [5, 5.41) is 6.29. The second-order valence-electron chi connectivity index (χ2n) is 9.30. The summed E-state index contributed by atoms with van der Waals surface area (Å²) >= 11 is 8.07. The minimum atomic E-state index is -0.283. The number of thiophene rings is 1. The Bertz CT molecular complexity index is 1600. The summed E-state index contributed by atoms with van der Waals surface area (Å²) in [6.07, 6.45) is 1.32. The predicted octanol–water partition coefficient (Wildman–Crippen LogP) is 5.25. The SMILES string of the molecule is CC1(C)Cc2c(sc3c2c2nc(Cc4ccccc4)nn2c(=O)n3Cc2ccccc2Cl)CO1. The first-order valence-corrected chi connectivity index (χ1v) is 12.4. The fourth-order valence-corrected chi connectivity index (χ4v) is 6.01. The fourth-order valence-electron chi connectivity index (χ4n) is 4.60. The van der Waals surface area contributed by atoms with Crippen LogP contribution in [0.3, 0.4) is 0 Å². The van der Waals surface area contributed by atoms with E-state index in [2.05, 4.69) is 18.9 Å². The molecule has 34 heavy (non-hydrogen) atoms. The number of fused-ring (bicyclic) bond motifs is 5. The van der Waals surface area contributed by atoms with Gasteiger partial charge in [0, 0.05) is 22.7 Å². The van der Waals surface area contributed by atoms with Crippen molar-refractivity contribution in [3.63, 3.8) is 0 Å². The Labute approximate surface area is 205 Å². The average molecular weight is 491 g/mol. The van der Waals surface area contributed by atoms with Gasteiger partial charge in [-0.15, -0.1) is 16.4 Å². The van der Waals surface area contributed by atoms with Gasteiger partial charge in [0.15, 0.2) is 11.5 Å². The van der Waals surface area contributed by atoms with E-state index in [4.69, 9.17) is 21.3 Å². The van der Waals surface area contributed by atoms with Crippen LogP contribution >= 0.6 is 22.9 Å². The van der Waals surface area contributed by atoms with E-state index in [1.165, 1.54) is 10.1 Å². The topological polar surface area (TPSA) is 61.4 Å². The Morgan fingerprint density at radius 2 is 1.88 bits per heavy atom. The summed E-state index contributed by atoms with van der Waals surface area (Å²) in [5.74, 6) is 0.631. The van der Waals surface area contributed by atoms with Crippen LogP contribution in [-0.4, -0.2) is 24.8 Å². The molecule has 1 aliphatic rings. The molecule has 5 aromatic rings. The minimum absolute atomic E-state index is 0.215. The summed E-state index contributed by atoms with van der Waals surface area (Å²) in [4.78, 5) is 20.6. The lowest BCUT2D eigenvalue weighted by Crippen LogP contribution is -2.31. The summed E-state index contributed by atoms with van der Waals surface area (Å²) in [5.41, 5.74) is 3.32. The van der Waals surface area contributed by atoms with E-state index in [0.29, 0.717) is 36.1 Å². The van der Waals surface area contributed by atoms with Gasteiger partial charge in [-0.2, -0.15) is 4.52 Å². The maximum Gasteiger partial charge on any atom is 0.352 e. The third-order valence-corrected chi connectivity index (χ3v) is 7.89. The Morgan fingerprint density at radius 3 is 2.68 bits per heavy atom. The molecule has 3 aromatic heterocycles. The molecule has 0 fully saturated rings. The van der Waals surface area contributed by atoms with Crippen molar-refractivity contribution in [2.75, 3.05) is 0 Å². The molecule has 1 aliphatic heterocycles. The lowest BCUT2D eigenvalue weighted by atomic mass is 9.94. The molecule has 0 saturated heterocycles. The highest BCUT2D eigenvalue weighted by atomic mass is 35.5. The number of halogens is 1. The molecule has 0 N–H and O–H groups in total. The molecule has 4 heterocycles. The van der Waals surface area contributed by atoms with Gasteiger partial charge in [-0.05, 0) is 36.6 Å². The van der Waals surface area contributed by atoms with E-state index in [1.54, 1.807) is 15.9 Å². The van der Waals surface area contributed by atoms with Gasteiger partial charge in [0.1, 0.15) is 4.83 Å². The van der Waals surface area contributed by atoms with Crippen molar-refractivity contribution in [2.45, 2.75) is 45.4 Å². The Morgan fingerprint density at radius 1 is 1.12 bits per heavy atom. The normalized spacial score (nSPS) is 15.1. The molecule has 0 radical (unpaired) electrons. The molecule has 0 saturated carbocycles. The maximum absolute atomic E-state index is 13.7. The highest BCUT2D eigenvalue weighted by Gasteiger charge is 2.32. The van der Waals surface area contributed by atoms with Crippen molar-refractivity contribution in [1.29, 1.82) is 0 Å². The predicted molar refractivity (Wildman–Crippen MR) is 135 cm³/mol. The molecule has 172 valence electrons. The molecule has 0 amide bonds. The average Bonchev–Trinajstić information content (AvgIpc) is 3.39. The van der Waals surface area contributed by atoms with Crippen LogP contribution in [0.1, 0.15) is 41.2 Å². The van der Waals surface area contributed by atoms with E-state index in [1.807, 2.05) is 54.6 Å². The highest BCUT2D eigenvalue weighted by molar-refractivity contribution is 7.19. The zero-order chi connectivity index (χ0) is 23.4. The van der Waals surface area contributed by atoms with Crippen LogP contribution < -0.4 is 5.69 Å². The van der Waals surface area contributed by atoms with E-state index in [-0.39, 0.29) is 11.3 Å². The van der Waals surface area contributed by atoms with Crippen LogP contribution in [0.5, 0.6) is 0 Å². The number of ether oxygens (including phenoxy) is 1. The molecule has 6 nitrogen and oxygen atoms in total. The summed E-state index contributed by atoms with van der Waals surface area (Å²) in [6.45, 7) is 5.09. The van der Waals surface area contributed by atoms with Crippen LogP contribution in [0.4, 0.5) is 0 Å². The summed E-state index contributed by atoms with van der Waals surface area (Å²) < 4.78 is 9.33. The zero-order valence-electron chi connectivity index (χ0n) is 18.9. The largest absolute Gasteiger partial charge is 0.370 e. The molecule has 0 atom stereocenters. The molecule has 0 unspecified atom stereocenters. The molecular weight excluding hydrogens is 468 g/mol. The van der Waals surface area contributed by atoms with Crippen molar-refractivity contribution in [3.8, 4) is 0 Å². The quantitative estimate of drug-likeness (QED) is 0.345. The van der Waals surface area contributed by atoms with Crippen molar-refractivity contribution < 1.29 is 4.74 Å². The highest BCUT2D eigenvalue weighted by Crippen LogP contribution is 2.40. The van der Waals surface area contributed by atoms with Gasteiger partial charge < -0.3 is 4.74 Å². The third kappa shape index (κ3) is 3.64. The number of benzene rings is 2. The van der Waals surface area contributed by atoms with Crippen LogP contribution in [0, 0.1) is 0 Å². The van der Waals surface area contributed by atoms with Crippen molar-refractivity contribution in [3.05, 3.63) is 97.5 Å². The number of hydrogen-bond donors (Lipinski definition) is 0. The van der Waals surface area contributed by atoms with Crippen LogP contribution in [0.2, 0.25) is 5.02 Å². The monoisotopic (exact) mass is 490 g/mol. The van der Waals surface area contributed by atoms with Gasteiger partial charge in [-0.25, -0.2) is 9.78 Å². The number of nitrogens with zero attached hydrogens (tertiary/aromatic N) is 4. The van der Waals surface area contributed by atoms with Crippen molar-refractivity contribution in [1.82, 2.24) is 19.2 Å². The first-order valence-electron chi connectivity index (χ1n) is 11.2. The van der Waals surface area contributed by atoms with E-state index in [0.717, 1.165) is 32.6 Å². The van der Waals surface area contributed by atoms with Crippen LogP contribution in [-0.2, 0) is 30.7 Å². The van der Waals surface area contributed by atoms with Gasteiger partial charge >= 0.3 is 5.69 Å². The molecule has 0 spiro atoms. The van der Waals surface area contributed by atoms with Crippen LogP contribution in [0.25, 0.3) is 15.9 Å². The van der Waals surface area contributed by atoms with Crippen LogP contribution in [0.15, 0.2) is 59.4 Å². The third-order valence-electron chi connectivity index (χ3n) is 6.29. The van der Waals surface area contributed by atoms with Gasteiger partial charge in [0.2, 0.25) is 0 Å². The molecular formula is C26H23ClN4O2S. The molecule has 0 bridgehead atoms. The second-order valence-corrected chi connectivity index (χ2v) is 10.8. The Kier molecular flexibility index (Phi) is 5.09. The first kappa shape index (κ1) is 21.5. The smallest absolute Gasteiger partial charge is 0.352 e. The van der Waals surface area contributed by atoms with Crippen molar-refractivity contribution >= 4 is 38.8 Å². The molecule has 8 heteroatoms. The minimum Gasteiger partial charge on any atom is -0.370 e. The Balaban J connectivity index is 1.60. The fraction of sp³-hybridized carbons (Fsp3) is 0.269. The van der Waals surface area contributed by atoms with E-state index < -0.39 is 0 Å². The lowest BCUT2D eigenvalue weighted by molar-refractivity contribution is -0.0379. The number of hydrogen-bond acceptors (Lipinski definition) is 5. The second kappa shape index (κ2) is 8.05. The van der Waals surface area contributed by atoms with Gasteiger partial charge in [-0.1, -0.05) is 60.1 Å². The van der Waals surface area contributed by atoms with E-state index >= 15 is 0 Å². The number of aromatic nitrogens is 4. The first-order chi connectivity index (χ1) is 16.4. The van der Waals surface area contributed by atoms with Crippen molar-refractivity contribution in [2.24, 2.45) is 0 Å². The van der Waals surface area contributed by atoms with Gasteiger partial charge in [0.05, 0.1) is 24.1 Å². The lowest BCUT2D eigenvalue weighted by Gasteiger charge is -2.30. The Hall–Kier alpha value is -3.00.